The molecule has 218 valence electrons. The Balaban J connectivity index is 1.32. The number of carbonyl (C=O) groups is 2. The Labute approximate surface area is 236 Å². The van der Waals surface area contributed by atoms with Gasteiger partial charge in [0.1, 0.15) is 23.1 Å². The molecule has 1 aliphatic heterocycles. The van der Waals surface area contributed by atoms with Crippen molar-refractivity contribution in [2.24, 2.45) is 5.92 Å². The van der Waals surface area contributed by atoms with Gasteiger partial charge in [-0.3, -0.25) is 19.5 Å². The van der Waals surface area contributed by atoms with Gasteiger partial charge in [-0.05, 0) is 69.7 Å². The van der Waals surface area contributed by atoms with Gasteiger partial charge in [-0.25, -0.2) is 13.2 Å². The van der Waals surface area contributed by atoms with Gasteiger partial charge in [0, 0.05) is 37.5 Å². The minimum atomic E-state index is -1.09. The fourth-order valence-corrected chi connectivity index (χ4v) is 5.94. The molecular weight excluding hydrogens is 535 g/mol. The van der Waals surface area contributed by atoms with E-state index in [4.69, 9.17) is 4.52 Å². The molecular formula is C30H34F3N5O3. The Morgan fingerprint density at radius 1 is 1.07 bits per heavy atom. The van der Waals surface area contributed by atoms with Crippen LogP contribution in [0.25, 0.3) is 11.3 Å². The normalized spacial score (nSPS) is 20.7. The van der Waals surface area contributed by atoms with Gasteiger partial charge in [-0.15, -0.1) is 0 Å². The van der Waals surface area contributed by atoms with Crippen molar-refractivity contribution in [3.05, 3.63) is 71.4 Å². The molecule has 11 heteroatoms. The molecule has 1 aromatic carbocycles. The molecule has 1 aliphatic carbocycles. The van der Waals surface area contributed by atoms with Crippen LogP contribution in [-0.4, -0.2) is 51.5 Å². The van der Waals surface area contributed by atoms with Crippen LogP contribution in [0.15, 0.2) is 47.1 Å². The van der Waals surface area contributed by atoms with Crippen molar-refractivity contribution in [3.63, 3.8) is 0 Å². The van der Waals surface area contributed by atoms with Crippen molar-refractivity contribution >= 4 is 11.8 Å². The molecule has 2 fully saturated rings. The number of amides is 2. The molecule has 0 bridgehead atoms. The summed E-state index contributed by atoms with van der Waals surface area (Å²) in [5.41, 5.74) is -2.00. The van der Waals surface area contributed by atoms with E-state index in [9.17, 15) is 22.8 Å². The van der Waals surface area contributed by atoms with Crippen LogP contribution in [0, 0.1) is 23.4 Å². The van der Waals surface area contributed by atoms with Crippen LogP contribution in [0.2, 0.25) is 0 Å². The summed E-state index contributed by atoms with van der Waals surface area (Å²) in [5, 5.41) is 9.63. The predicted molar refractivity (Wildman–Crippen MR) is 145 cm³/mol. The zero-order chi connectivity index (χ0) is 29.4. The Kier molecular flexibility index (Phi) is 7.91. The van der Waals surface area contributed by atoms with E-state index in [2.05, 4.69) is 32.6 Å². The van der Waals surface area contributed by atoms with E-state index >= 15 is 0 Å². The first-order valence-corrected chi connectivity index (χ1v) is 13.9. The summed E-state index contributed by atoms with van der Waals surface area (Å²) in [6.45, 7) is 6.51. The van der Waals surface area contributed by atoms with Crippen LogP contribution in [0.4, 0.5) is 13.2 Å². The Morgan fingerprint density at radius 2 is 1.80 bits per heavy atom. The summed E-state index contributed by atoms with van der Waals surface area (Å²) in [4.78, 5) is 33.0. The van der Waals surface area contributed by atoms with Crippen molar-refractivity contribution in [2.45, 2.75) is 70.0 Å². The summed E-state index contributed by atoms with van der Waals surface area (Å²) in [6, 6.07) is 7.44. The van der Waals surface area contributed by atoms with Crippen LogP contribution in [0.1, 0.15) is 69.1 Å². The molecule has 5 rings (SSSR count). The maximum absolute atomic E-state index is 14.4. The third-order valence-electron chi connectivity index (χ3n) is 8.13. The molecule has 3 aromatic rings. The largest absolute Gasteiger partial charge is 0.355 e. The highest BCUT2D eigenvalue weighted by Crippen LogP contribution is 2.35. The fraction of sp³-hybridized carbons (Fsp3) is 0.467. The number of nitrogens with zero attached hydrogens (tertiary/aromatic N) is 3. The van der Waals surface area contributed by atoms with Crippen LogP contribution in [0.5, 0.6) is 0 Å². The fourth-order valence-electron chi connectivity index (χ4n) is 5.94. The first kappa shape index (κ1) is 28.8. The maximum Gasteiger partial charge on any atom is 0.274 e. The minimum absolute atomic E-state index is 0.0230. The van der Waals surface area contributed by atoms with E-state index in [0.717, 1.165) is 37.8 Å². The molecule has 3 heterocycles. The number of nitrogens with one attached hydrogen (secondary N) is 2. The third kappa shape index (κ3) is 6.29. The van der Waals surface area contributed by atoms with E-state index in [1.165, 1.54) is 30.5 Å². The van der Waals surface area contributed by atoms with Gasteiger partial charge in [0.2, 0.25) is 5.91 Å². The van der Waals surface area contributed by atoms with Crippen LogP contribution < -0.4 is 10.6 Å². The molecule has 0 unspecified atom stereocenters. The third-order valence-corrected chi connectivity index (χ3v) is 8.13. The molecule has 2 N–H and O–H groups in total. The molecule has 2 amide bonds. The number of rotatable bonds is 8. The van der Waals surface area contributed by atoms with Gasteiger partial charge in [-0.1, -0.05) is 12.1 Å². The van der Waals surface area contributed by atoms with Crippen molar-refractivity contribution < 1.29 is 27.3 Å². The number of pyridine rings is 1. The summed E-state index contributed by atoms with van der Waals surface area (Å²) in [7, 11) is 0. The molecule has 0 radical (unpaired) electrons. The van der Waals surface area contributed by atoms with E-state index in [1.54, 1.807) is 13.8 Å². The van der Waals surface area contributed by atoms with Gasteiger partial charge >= 0.3 is 0 Å². The highest BCUT2D eigenvalue weighted by atomic mass is 19.1. The maximum atomic E-state index is 14.4. The number of likely N-dealkylation sites (tertiary alicyclic amines) is 1. The SMILES string of the molecule is CC1CCC(N2CC(CC(=O)NC(C)(C)c3ncccc3F)(NC(=O)c3cc(-c4ccc(F)cc4F)on3)C2)CC1. The standard InChI is InChI=1S/C30H34F3N5O3/c1-18-6-9-20(10-7-18)38-16-30(17-38,15-26(39)35-29(2,3)27-22(32)5-4-12-34-27)36-28(40)24-14-25(41-37-24)21-11-8-19(31)13-23(21)33/h4-5,8,11-14,18,20H,6-7,9-10,15-17H2,1-3H3,(H,35,39)(H,36,40). The molecule has 0 spiro atoms. The molecule has 8 nitrogen and oxygen atoms in total. The quantitative estimate of drug-likeness (QED) is 0.398. The van der Waals surface area contributed by atoms with E-state index in [0.29, 0.717) is 25.0 Å². The summed E-state index contributed by atoms with van der Waals surface area (Å²) in [5.74, 6) is -2.39. The second kappa shape index (κ2) is 11.3. The number of hydrogen-bond donors (Lipinski definition) is 2. The van der Waals surface area contributed by atoms with E-state index in [1.807, 2.05) is 0 Å². The highest BCUT2D eigenvalue weighted by Gasteiger charge is 2.49. The van der Waals surface area contributed by atoms with E-state index < -0.39 is 34.4 Å². The lowest BCUT2D eigenvalue weighted by Gasteiger charge is -2.54. The zero-order valence-electron chi connectivity index (χ0n) is 23.3. The lowest BCUT2D eigenvalue weighted by Crippen LogP contribution is -2.73. The second-order valence-corrected chi connectivity index (χ2v) is 11.9. The average molecular weight is 570 g/mol. The molecule has 2 aliphatic rings. The lowest BCUT2D eigenvalue weighted by atomic mass is 9.79. The number of benzene rings is 1. The molecule has 2 aromatic heterocycles. The second-order valence-electron chi connectivity index (χ2n) is 11.9. The van der Waals surface area contributed by atoms with Gasteiger partial charge in [-0.2, -0.15) is 0 Å². The highest BCUT2D eigenvalue weighted by molar-refractivity contribution is 5.94. The summed E-state index contributed by atoms with van der Waals surface area (Å²) in [6.07, 6.45) is 5.79. The predicted octanol–water partition coefficient (Wildman–Crippen LogP) is 4.96. The van der Waals surface area contributed by atoms with Crippen molar-refractivity contribution in [2.75, 3.05) is 13.1 Å². The Hall–Kier alpha value is -3.73. The molecule has 1 saturated carbocycles. The lowest BCUT2D eigenvalue weighted by molar-refractivity contribution is -0.127. The van der Waals surface area contributed by atoms with Gasteiger partial charge < -0.3 is 15.2 Å². The number of aromatic nitrogens is 2. The van der Waals surface area contributed by atoms with Crippen molar-refractivity contribution in [1.82, 2.24) is 25.7 Å². The van der Waals surface area contributed by atoms with Crippen molar-refractivity contribution in [1.29, 1.82) is 0 Å². The number of hydrogen-bond acceptors (Lipinski definition) is 6. The monoisotopic (exact) mass is 569 g/mol. The summed E-state index contributed by atoms with van der Waals surface area (Å²) < 4.78 is 47.2. The summed E-state index contributed by atoms with van der Waals surface area (Å²) >= 11 is 0. The van der Waals surface area contributed by atoms with Crippen molar-refractivity contribution in [3.8, 4) is 11.3 Å². The van der Waals surface area contributed by atoms with E-state index in [-0.39, 0.29) is 35.0 Å². The Morgan fingerprint density at radius 3 is 2.49 bits per heavy atom. The molecule has 0 atom stereocenters. The number of carbonyl (C=O) groups excluding carboxylic acids is 2. The topological polar surface area (TPSA) is 100 Å². The van der Waals surface area contributed by atoms with Crippen LogP contribution >= 0.6 is 0 Å². The molecule has 41 heavy (non-hydrogen) atoms. The Bertz CT molecular complexity index is 1430. The van der Waals surface area contributed by atoms with Crippen LogP contribution in [0.3, 0.4) is 0 Å². The first-order chi connectivity index (χ1) is 19.4. The minimum Gasteiger partial charge on any atom is -0.355 e. The van der Waals surface area contributed by atoms with Crippen LogP contribution in [-0.2, 0) is 10.3 Å². The molecule has 1 saturated heterocycles. The first-order valence-electron chi connectivity index (χ1n) is 13.9. The smallest absolute Gasteiger partial charge is 0.274 e. The van der Waals surface area contributed by atoms with Gasteiger partial charge in [0.25, 0.3) is 5.91 Å². The zero-order valence-corrected chi connectivity index (χ0v) is 23.3. The number of halogens is 3. The van der Waals surface area contributed by atoms with Gasteiger partial charge in [0.05, 0.1) is 23.1 Å². The van der Waals surface area contributed by atoms with Gasteiger partial charge in [0.15, 0.2) is 11.5 Å². The average Bonchev–Trinajstić information content (AvgIpc) is 3.37.